The molecule has 0 fully saturated rings. The highest BCUT2D eigenvalue weighted by Crippen LogP contribution is 2.31. The van der Waals surface area contributed by atoms with Gasteiger partial charge in [0.05, 0.1) is 11.3 Å². The smallest absolute Gasteiger partial charge is 0.397 e. The first-order chi connectivity index (χ1) is 9.88. The van der Waals surface area contributed by atoms with Crippen molar-refractivity contribution in [1.82, 2.24) is 14.6 Å². The van der Waals surface area contributed by atoms with Gasteiger partial charge in [0, 0.05) is 11.3 Å². The molecule has 108 valence electrons. The van der Waals surface area contributed by atoms with E-state index in [9.17, 15) is 13.2 Å². The van der Waals surface area contributed by atoms with E-state index in [0.29, 0.717) is 22.7 Å². The van der Waals surface area contributed by atoms with Gasteiger partial charge in [-0.25, -0.2) is 0 Å². The summed E-state index contributed by atoms with van der Waals surface area (Å²) < 4.78 is 39.5. The number of hydrogen-bond acceptors (Lipinski definition) is 3. The van der Waals surface area contributed by atoms with Crippen LogP contribution in [0, 0.1) is 6.92 Å². The van der Waals surface area contributed by atoms with Gasteiger partial charge in [-0.05, 0) is 31.2 Å². The molecule has 3 rings (SSSR count). The van der Waals surface area contributed by atoms with Crippen LogP contribution in [0.25, 0.3) is 17.0 Å². The highest BCUT2D eigenvalue weighted by atomic mass is 19.4. The second kappa shape index (κ2) is 4.47. The average molecular weight is 292 g/mol. The van der Waals surface area contributed by atoms with E-state index >= 15 is 0 Å². The molecule has 4 nitrogen and oxygen atoms in total. The van der Waals surface area contributed by atoms with E-state index in [2.05, 4.69) is 10.2 Å². The molecule has 0 saturated heterocycles. The molecule has 7 heteroatoms. The Kier molecular flexibility index (Phi) is 2.86. The number of aryl methyl sites for hydroxylation is 1. The van der Waals surface area contributed by atoms with E-state index in [1.165, 1.54) is 12.1 Å². The third kappa shape index (κ3) is 2.20. The summed E-state index contributed by atoms with van der Waals surface area (Å²) in [5.41, 5.74) is 7.60. The number of nitrogen functional groups attached to an aromatic ring is 1. The first-order valence-electron chi connectivity index (χ1n) is 6.16. The standard InChI is InChI=1S/C14H11F3N4/c1-8-11(18)6-7-12-19-20-13(21(8)12)9-2-4-10(5-3-9)14(15,16)17/h2-7H,18H2,1H3. The minimum atomic E-state index is -4.36. The minimum absolute atomic E-state index is 0.462. The van der Waals surface area contributed by atoms with Gasteiger partial charge in [0.15, 0.2) is 11.5 Å². The molecule has 0 atom stereocenters. The third-order valence-electron chi connectivity index (χ3n) is 3.32. The number of pyridine rings is 1. The number of benzene rings is 1. The van der Waals surface area contributed by atoms with Crippen molar-refractivity contribution in [2.45, 2.75) is 13.1 Å². The van der Waals surface area contributed by atoms with Gasteiger partial charge in [-0.15, -0.1) is 10.2 Å². The topological polar surface area (TPSA) is 56.2 Å². The Hall–Kier alpha value is -2.57. The first-order valence-corrected chi connectivity index (χ1v) is 6.16. The van der Waals surface area contributed by atoms with Gasteiger partial charge in [0.2, 0.25) is 0 Å². The minimum Gasteiger partial charge on any atom is -0.397 e. The number of hydrogen-bond donors (Lipinski definition) is 1. The van der Waals surface area contributed by atoms with Crippen LogP contribution in [0.15, 0.2) is 36.4 Å². The molecule has 2 heterocycles. The van der Waals surface area contributed by atoms with Crippen LogP contribution in [-0.4, -0.2) is 14.6 Å². The molecule has 0 spiro atoms. The van der Waals surface area contributed by atoms with Crippen LogP contribution < -0.4 is 5.73 Å². The molecule has 0 saturated carbocycles. The fourth-order valence-electron chi connectivity index (χ4n) is 2.14. The van der Waals surface area contributed by atoms with Crippen LogP contribution in [-0.2, 0) is 6.18 Å². The number of nitrogens with two attached hydrogens (primary N) is 1. The van der Waals surface area contributed by atoms with Crippen LogP contribution in [0.4, 0.5) is 18.9 Å². The van der Waals surface area contributed by atoms with Gasteiger partial charge in [-0.1, -0.05) is 12.1 Å². The Morgan fingerprint density at radius 1 is 1.00 bits per heavy atom. The highest BCUT2D eigenvalue weighted by Gasteiger charge is 2.30. The Morgan fingerprint density at radius 2 is 1.67 bits per heavy atom. The average Bonchev–Trinajstić information content (AvgIpc) is 2.87. The molecule has 0 unspecified atom stereocenters. The number of fused-ring (bicyclic) bond motifs is 1. The molecule has 0 aliphatic carbocycles. The lowest BCUT2D eigenvalue weighted by molar-refractivity contribution is -0.137. The van der Waals surface area contributed by atoms with E-state index in [1.54, 1.807) is 23.5 Å². The summed E-state index contributed by atoms with van der Waals surface area (Å²) in [6.07, 6.45) is -4.36. The molecular formula is C14H11F3N4. The Balaban J connectivity index is 2.15. The zero-order valence-electron chi connectivity index (χ0n) is 11.0. The fraction of sp³-hybridized carbons (Fsp3) is 0.143. The molecule has 0 bridgehead atoms. The second-order valence-corrected chi connectivity index (χ2v) is 4.67. The van der Waals surface area contributed by atoms with Crippen molar-refractivity contribution in [3.63, 3.8) is 0 Å². The zero-order chi connectivity index (χ0) is 15.2. The summed E-state index contributed by atoms with van der Waals surface area (Å²) in [6.45, 7) is 1.80. The SMILES string of the molecule is Cc1c(N)ccc2nnc(-c3ccc(C(F)(F)F)cc3)n12. The van der Waals surface area contributed by atoms with Crippen LogP contribution in [0.3, 0.4) is 0 Å². The lowest BCUT2D eigenvalue weighted by Gasteiger charge is -2.08. The maximum absolute atomic E-state index is 12.6. The van der Waals surface area contributed by atoms with Crippen molar-refractivity contribution in [1.29, 1.82) is 0 Å². The lowest BCUT2D eigenvalue weighted by Crippen LogP contribution is -2.04. The summed E-state index contributed by atoms with van der Waals surface area (Å²) in [6, 6.07) is 8.23. The van der Waals surface area contributed by atoms with E-state index < -0.39 is 11.7 Å². The van der Waals surface area contributed by atoms with Crippen molar-refractivity contribution >= 4 is 11.3 Å². The lowest BCUT2D eigenvalue weighted by atomic mass is 10.1. The van der Waals surface area contributed by atoms with Crippen LogP contribution in [0.1, 0.15) is 11.3 Å². The molecule has 2 aromatic heterocycles. The Morgan fingerprint density at radius 3 is 2.29 bits per heavy atom. The van der Waals surface area contributed by atoms with Crippen LogP contribution >= 0.6 is 0 Å². The van der Waals surface area contributed by atoms with Gasteiger partial charge in [0.1, 0.15) is 0 Å². The summed E-state index contributed by atoms with van der Waals surface area (Å²) in [5.74, 6) is 0.462. The van der Waals surface area contributed by atoms with Crippen molar-refractivity contribution in [2.24, 2.45) is 0 Å². The molecule has 1 aromatic carbocycles. The van der Waals surface area contributed by atoms with Crippen molar-refractivity contribution in [3.05, 3.63) is 47.7 Å². The van der Waals surface area contributed by atoms with Crippen LogP contribution in [0.2, 0.25) is 0 Å². The highest BCUT2D eigenvalue weighted by molar-refractivity contribution is 5.63. The maximum Gasteiger partial charge on any atom is 0.416 e. The summed E-state index contributed by atoms with van der Waals surface area (Å²) in [7, 11) is 0. The molecule has 0 amide bonds. The van der Waals surface area contributed by atoms with Gasteiger partial charge >= 0.3 is 6.18 Å². The third-order valence-corrected chi connectivity index (χ3v) is 3.32. The number of anilines is 1. The van der Waals surface area contributed by atoms with E-state index in [0.717, 1.165) is 17.8 Å². The number of halogens is 3. The van der Waals surface area contributed by atoms with Gasteiger partial charge < -0.3 is 5.73 Å². The first kappa shape index (κ1) is 13.4. The molecular weight excluding hydrogens is 281 g/mol. The Labute approximate surface area is 118 Å². The van der Waals surface area contributed by atoms with E-state index in [4.69, 9.17) is 5.73 Å². The number of rotatable bonds is 1. The van der Waals surface area contributed by atoms with Crippen LogP contribution in [0.5, 0.6) is 0 Å². The number of nitrogens with zero attached hydrogens (tertiary/aromatic N) is 3. The van der Waals surface area contributed by atoms with Gasteiger partial charge in [-0.2, -0.15) is 13.2 Å². The molecule has 0 radical (unpaired) electrons. The van der Waals surface area contributed by atoms with E-state index in [-0.39, 0.29) is 0 Å². The normalized spacial score (nSPS) is 12.0. The summed E-state index contributed by atoms with van der Waals surface area (Å²) in [4.78, 5) is 0. The second-order valence-electron chi connectivity index (χ2n) is 4.67. The Bertz CT molecular complexity index is 803. The fourth-order valence-corrected chi connectivity index (χ4v) is 2.14. The quantitative estimate of drug-likeness (QED) is 0.748. The van der Waals surface area contributed by atoms with E-state index in [1.807, 2.05) is 0 Å². The van der Waals surface area contributed by atoms with Gasteiger partial charge in [0.25, 0.3) is 0 Å². The van der Waals surface area contributed by atoms with Crippen molar-refractivity contribution < 1.29 is 13.2 Å². The van der Waals surface area contributed by atoms with Gasteiger partial charge in [-0.3, -0.25) is 4.40 Å². The molecule has 21 heavy (non-hydrogen) atoms. The zero-order valence-corrected chi connectivity index (χ0v) is 11.0. The van der Waals surface area contributed by atoms with Crippen molar-refractivity contribution in [3.8, 4) is 11.4 Å². The monoisotopic (exact) mass is 292 g/mol. The number of alkyl halides is 3. The largest absolute Gasteiger partial charge is 0.416 e. The summed E-state index contributed by atoms with van der Waals surface area (Å²) in [5, 5.41) is 8.04. The van der Waals surface area contributed by atoms with Crippen molar-refractivity contribution in [2.75, 3.05) is 5.73 Å². The predicted octanol–water partition coefficient (Wildman–Crippen LogP) is 3.31. The molecule has 3 aromatic rings. The maximum atomic E-state index is 12.6. The molecule has 2 N–H and O–H groups in total. The predicted molar refractivity (Wildman–Crippen MR) is 72.6 cm³/mol. The summed E-state index contributed by atoms with van der Waals surface area (Å²) >= 11 is 0. The molecule has 0 aliphatic heterocycles. The molecule has 0 aliphatic rings. The number of aromatic nitrogens is 3.